The van der Waals surface area contributed by atoms with Crippen molar-refractivity contribution in [3.05, 3.63) is 35.9 Å². The van der Waals surface area contributed by atoms with Crippen LogP contribution in [0.3, 0.4) is 0 Å². The second-order valence-electron chi connectivity index (χ2n) is 5.24. The summed E-state index contributed by atoms with van der Waals surface area (Å²) >= 11 is 0. The molecule has 2 atom stereocenters. The molecule has 106 valence electrons. The molecule has 4 nitrogen and oxygen atoms in total. The number of hydrogen-bond donors (Lipinski definition) is 3. The molecule has 1 aromatic carbocycles. The highest BCUT2D eigenvalue weighted by atomic mass is 35.5. The Morgan fingerprint density at radius 2 is 1.95 bits per heavy atom. The first-order chi connectivity index (χ1) is 8.57. The van der Waals surface area contributed by atoms with Crippen molar-refractivity contribution in [1.29, 1.82) is 0 Å². The molecule has 1 aromatic rings. The van der Waals surface area contributed by atoms with Gasteiger partial charge >= 0.3 is 5.97 Å². The van der Waals surface area contributed by atoms with E-state index in [0.717, 1.165) is 18.4 Å². The highest BCUT2D eigenvalue weighted by molar-refractivity contribution is 5.85. The maximum absolute atomic E-state index is 11.3. The van der Waals surface area contributed by atoms with Crippen LogP contribution in [0.5, 0.6) is 0 Å². The number of carboxylic acid groups (broad SMARTS) is 1. The quantitative estimate of drug-likeness (QED) is 0.748. The van der Waals surface area contributed by atoms with Gasteiger partial charge in [0.1, 0.15) is 6.04 Å². The van der Waals surface area contributed by atoms with Gasteiger partial charge in [-0.25, -0.2) is 0 Å². The number of aliphatic hydroxyl groups is 1. The summed E-state index contributed by atoms with van der Waals surface area (Å²) in [7, 11) is 0. The summed E-state index contributed by atoms with van der Waals surface area (Å²) in [5.41, 5.74) is 0.740. The Hall–Kier alpha value is -1.10. The Balaban J connectivity index is 0.00000180. The molecular weight excluding hydrogens is 266 g/mol. The Bertz CT molecular complexity index is 420. The van der Waals surface area contributed by atoms with Gasteiger partial charge in [-0.2, -0.15) is 0 Å². The van der Waals surface area contributed by atoms with E-state index in [1.165, 1.54) is 0 Å². The number of rotatable bonds is 6. The Morgan fingerprint density at radius 3 is 2.37 bits per heavy atom. The Morgan fingerprint density at radius 1 is 1.37 bits per heavy atom. The van der Waals surface area contributed by atoms with E-state index < -0.39 is 12.0 Å². The van der Waals surface area contributed by atoms with E-state index in [9.17, 15) is 15.0 Å². The maximum atomic E-state index is 11.3. The van der Waals surface area contributed by atoms with Crippen LogP contribution in [0.1, 0.15) is 31.4 Å². The number of hydrogen-bond acceptors (Lipinski definition) is 3. The topological polar surface area (TPSA) is 69.6 Å². The number of aliphatic hydroxyl groups excluding tert-OH is 1. The van der Waals surface area contributed by atoms with Gasteiger partial charge in [-0.3, -0.25) is 10.1 Å². The van der Waals surface area contributed by atoms with E-state index in [2.05, 4.69) is 5.32 Å². The second kappa shape index (κ2) is 6.37. The predicted octanol–water partition coefficient (Wildman–Crippen LogP) is 1.98. The van der Waals surface area contributed by atoms with Gasteiger partial charge in [0.15, 0.2) is 0 Å². The molecule has 19 heavy (non-hydrogen) atoms. The van der Waals surface area contributed by atoms with Crippen LogP contribution in [0.2, 0.25) is 0 Å². The number of halogens is 1. The SMILES string of the molecule is CC1(C(N[C@@H](CO)c2ccccc2)C(=O)O)CC1.Cl. The Kier molecular flexibility index (Phi) is 5.35. The molecule has 1 saturated carbocycles. The number of carbonyl (C=O) groups is 1. The maximum Gasteiger partial charge on any atom is 0.321 e. The first-order valence-corrected chi connectivity index (χ1v) is 6.21. The van der Waals surface area contributed by atoms with E-state index in [4.69, 9.17) is 0 Å². The monoisotopic (exact) mass is 285 g/mol. The summed E-state index contributed by atoms with van der Waals surface area (Å²) in [6.07, 6.45) is 1.84. The standard InChI is InChI=1S/C14H19NO3.ClH/c1-14(7-8-14)12(13(17)18)15-11(9-16)10-5-3-2-4-6-10;/h2-6,11-12,15-16H,7-9H2,1H3,(H,17,18);1H/t11-,12?;/m0./s1. The van der Waals surface area contributed by atoms with Crippen LogP contribution < -0.4 is 5.32 Å². The fraction of sp³-hybridized carbons (Fsp3) is 0.500. The molecule has 1 aliphatic carbocycles. The molecule has 0 heterocycles. The highest BCUT2D eigenvalue weighted by Crippen LogP contribution is 2.48. The average Bonchev–Trinajstić information content (AvgIpc) is 3.10. The van der Waals surface area contributed by atoms with E-state index >= 15 is 0 Å². The van der Waals surface area contributed by atoms with Crippen molar-refractivity contribution in [3.8, 4) is 0 Å². The molecule has 5 heteroatoms. The summed E-state index contributed by atoms with van der Waals surface area (Å²) in [5, 5.41) is 21.8. The summed E-state index contributed by atoms with van der Waals surface area (Å²) in [5.74, 6) is -0.843. The van der Waals surface area contributed by atoms with Crippen LogP contribution >= 0.6 is 12.4 Å². The summed E-state index contributed by atoms with van der Waals surface area (Å²) < 4.78 is 0. The van der Waals surface area contributed by atoms with Crippen LogP contribution in [0.25, 0.3) is 0 Å². The van der Waals surface area contributed by atoms with Crippen molar-refractivity contribution in [2.45, 2.75) is 31.8 Å². The zero-order chi connectivity index (χ0) is 13.2. The van der Waals surface area contributed by atoms with Gasteiger partial charge in [0.05, 0.1) is 12.6 Å². The van der Waals surface area contributed by atoms with Crippen molar-refractivity contribution in [3.63, 3.8) is 0 Å². The summed E-state index contributed by atoms with van der Waals surface area (Å²) in [6, 6.07) is 8.51. The molecule has 1 unspecified atom stereocenters. The van der Waals surface area contributed by atoms with Crippen molar-refractivity contribution in [2.75, 3.05) is 6.61 Å². The van der Waals surface area contributed by atoms with Crippen molar-refractivity contribution in [2.24, 2.45) is 5.41 Å². The van der Waals surface area contributed by atoms with Gasteiger partial charge in [-0.05, 0) is 23.8 Å². The molecule has 0 radical (unpaired) electrons. The van der Waals surface area contributed by atoms with Crippen LogP contribution in [0, 0.1) is 5.41 Å². The average molecular weight is 286 g/mol. The minimum Gasteiger partial charge on any atom is -0.480 e. The van der Waals surface area contributed by atoms with Gasteiger partial charge in [-0.1, -0.05) is 37.3 Å². The lowest BCUT2D eigenvalue weighted by atomic mass is 9.96. The van der Waals surface area contributed by atoms with Crippen LogP contribution in [-0.2, 0) is 4.79 Å². The minimum absolute atomic E-state index is 0. The molecule has 0 amide bonds. The molecule has 1 aliphatic rings. The number of benzene rings is 1. The number of nitrogens with one attached hydrogen (secondary N) is 1. The second-order valence-corrected chi connectivity index (χ2v) is 5.24. The van der Waals surface area contributed by atoms with Crippen LogP contribution in [-0.4, -0.2) is 28.8 Å². The number of carboxylic acids is 1. The molecule has 0 saturated heterocycles. The minimum atomic E-state index is -0.843. The van der Waals surface area contributed by atoms with Gasteiger partial charge < -0.3 is 10.2 Å². The highest BCUT2D eigenvalue weighted by Gasteiger charge is 2.49. The molecule has 2 rings (SSSR count). The third-order valence-corrected chi connectivity index (χ3v) is 3.73. The van der Waals surface area contributed by atoms with Crippen LogP contribution in [0.4, 0.5) is 0 Å². The molecule has 0 aromatic heterocycles. The largest absolute Gasteiger partial charge is 0.480 e. The van der Waals surface area contributed by atoms with E-state index in [-0.39, 0.29) is 30.5 Å². The molecular formula is C14H20ClNO3. The zero-order valence-electron chi connectivity index (χ0n) is 10.9. The van der Waals surface area contributed by atoms with Gasteiger partial charge in [0.25, 0.3) is 0 Å². The molecule has 3 N–H and O–H groups in total. The van der Waals surface area contributed by atoms with E-state index in [0.29, 0.717) is 0 Å². The fourth-order valence-electron chi connectivity index (χ4n) is 2.20. The van der Waals surface area contributed by atoms with Gasteiger partial charge in [-0.15, -0.1) is 12.4 Å². The third kappa shape index (κ3) is 3.69. The van der Waals surface area contributed by atoms with E-state index in [1.807, 2.05) is 37.3 Å². The first-order valence-electron chi connectivity index (χ1n) is 6.21. The smallest absolute Gasteiger partial charge is 0.321 e. The third-order valence-electron chi connectivity index (χ3n) is 3.73. The lowest BCUT2D eigenvalue weighted by Gasteiger charge is -2.26. The normalized spacial score (nSPS) is 19.1. The van der Waals surface area contributed by atoms with Crippen molar-refractivity contribution < 1.29 is 15.0 Å². The molecule has 1 fully saturated rings. The van der Waals surface area contributed by atoms with E-state index in [1.54, 1.807) is 0 Å². The van der Waals surface area contributed by atoms with Crippen molar-refractivity contribution >= 4 is 18.4 Å². The van der Waals surface area contributed by atoms with Crippen LogP contribution in [0.15, 0.2) is 30.3 Å². The lowest BCUT2D eigenvalue weighted by molar-refractivity contribution is -0.141. The number of aliphatic carboxylic acids is 1. The predicted molar refractivity (Wildman–Crippen MR) is 75.4 cm³/mol. The summed E-state index contributed by atoms with van der Waals surface area (Å²) in [4.78, 5) is 11.3. The van der Waals surface area contributed by atoms with Gasteiger partial charge in [0, 0.05) is 0 Å². The fourth-order valence-corrected chi connectivity index (χ4v) is 2.20. The first kappa shape index (κ1) is 16.0. The Labute approximate surface area is 119 Å². The molecule has 0 bridgehead atoms. The summed E-state index contributed by atoms with van der Waals surface area (Å²) in [6.45, 7) is 1.86. The van der Waals surface area contributed by atoms with Crippen molar-refractivity contribution in [1.82, 2.24) is 5.32 Å². The zero-order valence-corrected chi connectivity index (χ0v) is 11.7. The van der Waals surface area contributed by atoms with Gasteiger partial charge in [0.2, 0.25) is 0 Å². The molecule has 0 aliphatic heterocycles. The molecule has 0 spiro atoms. The lowest BCUT2D eigenvalue weighted by Crippen LogP contribution is -2.45.